The first-order valence-corrected chi connectivity index (χ1v) is 6.90. The fraction of sp³-hybridized carbons (Fsp3) is 0.167. The molecule has 0 radical (unpaired) electrons. The molecule has 0 saturated carbocycles. The van der Waals surface area contributed by atoms with Gasteiger partial charge in [-0.25, -0.2) is 0 Å². The molecule has 5 nitrogen and oxygen atoms in total. The normalized spacial score (nSPS) is 10.6. The van der Waals surface area contributed by atoms with E-state index < -0.39 is 0 Å². The summed E-state index contributed by atoms with van der Waals surface area (Å²) in [4.78, 5) is 12.2. The molecule has 0 aliphatic heterocycles. The Balaban J connectivity index is 2.21. The fourth-order valence-corrected chi connectivity index (χ4v) is 2.04. The van der Waals surface area contributed by atoms with Crippen molar-refractivity contribution in [3.8, 4) is 23.0 Å². The molecule has 2 aromatic rings. The number of aromatic hydroxyl groups is 1. The van der Waals surface area contributed by atoms with Crippen LogP contribution in [0.5, 0.6) is 23.0 Å². The topological polar surface area (TPSA) is 65.0 Å². The zero-order valence-electron chi connectivity index (χ0n) is 13.2. The van der Waals surface area contributed by atoms with E-state index in [0.29, 0.717) is 28.4 Å². The van der Waals surface area contributed by atoms with Crippen molar-refractivity contribution in [2.75, 3.05) is 21.3 Å². The molecule has 0 fully saturated rings. The zero-order chi connectivity index (χ0) is 16.8. The summed E-state index contributed by atoms with van der Waals surface area (Å²) < 4.78 is 15.3. The van der Waals surface area contributed by atoms with Crippen LogP contribution in [0.4, 0.5) is 0 Å². The molecule has 23 heavy (non-hydrogen) atoms. The van der Waals surface area contributed by atoms with Gasteiger partial charge in [0.05, 0.1) is 21.3 Å². The summed E-state index contributed by atoms with van der Waals surface area (Å²) in [5.41, 5.74) is 0.992. The molecular formula is C18H18O5. The van der Waals surface area contributed by atoms with Crippen molar-refractivity contribution in [2.24, 2.45) is 0 Å². The van der Waals surface area contributed by atoms with Crippen molar-refractivity contribution in [3.63, 3.8) is 0 Å². The maximum Gasteiger partial charge on any atom is 0.185 e. The highest BCUT2D eigenvalue weighted by Crippen LogP contribution is 2.28. The molecule has 0 bridgehead atoms. The third kappa shape index (κ3) is 3.83. The molecule has 0 aliphatic rings. The second-order valence-corrected chi connectivity index (χ2v) is 4.69. The first-order valence-electron chi connectivity index (χ1n) is 6.90. The Bertz CT molecular complexity index is 734. The molecular weight excluding hydrogens is 296 g/mol. The molecule has 2 aromatic carbocycles. The van der Waals surface area contributed by atoms with Gasteiger partial charge in [-0.05, 0) is 42.5 Å². The predicted molar refractivity (Wildman–Crippen MR) is 87.6 cm³/mol. The lowest BCUT2D eigenvalue weighted by Crippen LogP contribution is -1.97. The van der Waals surface area contributed by atoms with E-state index in [1.807, 2.05) is 0 Å². The van der Waals surface area contributed by atoms with Gasteiger partial charge in [0.15, 0.2) is 17.3 Å². The Hall–Kier alpha value is -2.95. The van der Waals surface area contributed by atoms with E-state index in [1.54, 1.807) is 36.4 Å². The van der Waals surface area contributed by atoms with Gasteiger partial charge in [0, 0.05) is 17.2 Å². The van der Waals surface area contributed by atoms with E-state index in [-0.39, 0.29) is 11.5 Å². The van der Waals surface area contributed by atoms with Crippen LogP contribution in [0.2, 0.25) is 0 Å². The summed E-state index contributed by atoms with van der Waals surface area (Å²) >= 11 is 0. The maximum absolute atomic E-state index is 12.2. The molecule has 0 saturated heterocycles. The molecule has 0 heterocycles. The van der Waals surface area contributed by atoms with Crippen molar-refractivity contribution >= 4 is 11.9 Å². The lowest BCUT2D eigenvalue weighted by atomic mass is 10.1. The van der Waals surface area contributed by atoms with Gasteiger partial charge in [0.2, 0.25) is 0 Å². The molecule has 120 valence electrons. The first kappa shape index (κ1) is 16.4. The number of carbonyl (C=O) groups is 1. The zero-order valence-corrected chi connectivity index (χ0v) is 13.2. The number of phenolic OH excluding ortho intramolecular Hbond substituents is 1. The molecule has 0 unspecified atom stereocenters. The van der Waals surface area contributed by atoms with Crippen LogP contribution in [0.15, 0.2) is 42.5 Å². The third-order valence-electron chi connectivity index (χ3n) is 3.32. The maximum atomic E-state index is 12.2. The smallest absolute Gasteiger partial charge is 0.185 e. The van der Waals surface area contributed by atoms with Crippen LogP contribution in [0.1, 0.15) is 15.9 Å². The Morgan fingerprint density at radius 1 is 0.957 bits per heavy atom. The summed E-state index contributed by atoms with van der Waals surface area (Å²) in [5.74, 6) is 1.42. The lowest BCUT2D eigenvalue weighted by Gasteiger charge is -2.08. The monoisotopic (exact) mass is 314 g/mol. The summed E-state index contributed by atoms with van der Waals surface area (Å²) in [6.07, 6.45) is 2.94. The van der Waals surface area contributed by atoms with E-state index >= 15 is 0 Å². The SMILES string of the molecule is COc1ccc(/C=C/C(=O)c2ccc(OC)c(OC)c2)c(O)c1. The average molecular weight is 314 g/mol. The van der Waals surface area contributed by atoms with Gasteiger partial charge in [0.25, 0.3) is 0 Å². The van der Waals surface area contributed by atoms with Crippen LogP contribution < -0.4 is 14.2 Å². The van der Waals surface area contributed by atoms with Gasteiger partial charge in [-0.15, -0.1) is 0 Å². The third-order valence-corrected chi connectivity index (χ3v) is 3.32. The average Bonchev–Trinajstić information content (AvgIpc) is 2.59. The van der Waals surface area contributed by atoms with E-state index in [9.17, 15) is 9.90 Å². The Labute approximate surface area is 134 Å². The second-order valence-electron chi connectivity index (χ2n) is 4.69. The van der Waals surface area contributed by atoms with Gasteiger partial charge in [-0.2, -0.15) is 0 Å². The van der Waals surface area contributed by atoms with Gasteiger partial charge in [-0.1, -0.05) is 0 Å². The lowest BCUT2D eigenvalue weighted by molar-refractivity contribution is 0.104. The summed E-state index contributed by atoms with van der Waals surface area (Å²) in [6, 6.07) is 9.81. The molecule has 0 aliphatic carbocycles. The molecule has 0 aromatic heterocycles. The van der Waals surface area contributed by atoms with Crippen LogP contribution in [0.3, 0.4) is 0 Å². The van der Waals surface area contributed by atoms with E-state index in [2.05, 4.69) is 0 Å². The van der Waals surface area contributed by atoms with Crippen molar-refractivity contribution in [2.45, 2.75) is 0 Å². The highest BCUT2D eigenvalue weighted by molar-refractivity contribution is 6.07. The summed E-state index contributed by atoms with van der Waals surface area (Å²) in [5, 5.41) is 9.88. The molecule has 1 N–H and O–H groups in total. The summed E-state index contributed by atoms with van der Waals surface area (Å²) in [7, 11) is 4.56. The minimum atomic E-state index is -0.207. The molecule has 2 rings (SSSR count). The van der Waals surface area contributed by atoms with Gasteiger partial charge < -0.3 is 19.3 Å². The minimum absolute atomic E-state index is 0.0423. The van der Waals surface area contributed by atoms with Crippen molar-refractivity contribution < 1.29 is 24.1 Å². The Morgan fingerprint density at radius 2 is 1.70 bits per heavy atom. The van der Waals surface area contributed by atoms with Crippen LogP contribution in [-0.4, -0.2) is 32.2 Å². The van der Waals surface area contributed by atoms with Crippen molar-refractivity contribution in [3.05, 3.63) is 53.6 Å². The fourth-order valence-electron chi connectivity index (χ4n) is 2.04. The number of hydrogen-bond donors (Lipinski definition) is 1. The highest BCUT2D eigenvalue weighted by Gasteiger charge is 2.09. The van der Waals surface area contributed by atoms with Crippen molar-refractivity contribution in [1.29, 1.82) is 0 Å². The molecule has 0 amide bonds. The van der Waals surface area contributed by atoms with E-state index in [0.717, 1.165) is 0 Å². The van der Waals surface area contributed by atoms with Gasteiger partial charge in [0.1, 0.15) is 11.5 Å². The number of carbonyl (C=O) groups excluding carboxylic acids is 1. The van der Waals surface area contributed by atoms with E-state index in [4.69, 9.17) is 14.2 Å². The number of methoxy groups -OCH3 is 3. The number of allylic oxidation sites excluding steroid dienone is 1. The molecule has 5 heteroatoms. The predicted octanol–water partition coefficient (Wildman–Crippen LogP) is 3.31. The first-order chi connectivity index (χ1) is 11.1. The number of benzene rings is 2. The van der Waals surface area contributed by atoms with Gasteiger partial charge in [-0.3, -0.25) is 4.79 Å². The number of phenols is 1. The highest BCUT2D eigenvalue weighted by atomic mass is 16.5. The van der Waals surface area contributed by atoms with Crippen molar-refractivity contribution in [1.82, 2.24) is 0 Å². The van der Waals surface area contributed by atoms with E-state index in [1.165, 1.54) is 33.5 Å². The number of ether oxygens (including phenoxy) is 3. The van der Waals surface area contributed by atoms with Crippen LogP contribution in [-0.2, 0) is 0 Å². The number of hydrogen-bond acceptors (Lipinski definition) is 5. The second kappa shape index (κ2) is 7.35. The molecule has 0 spiro atoms. The van der Waals surface area contributed by atoms with Crippen LogP contribution in [0.25, 0.3) is 6.08 Å². The largest absolute Gasteiger partial charge is 0.507 e. The number of rotatable bonds is 6. The standard InChI is InChI=1S/C18H18O5/c1-21-14-7-4-12(16(20)11-14)5-8-15(19)13-6-9-17(22-2)18(10-13)23-3/h4-11,20H,1-3H3/b8-5+. The molecule has 0 atom stereocenters. The van der Waals surface area contributed by atoms with Crippen LogP contribution in [0, 0.1) is 0 Å². The Morgan fingerprint density at radius 3 is 2.30 bits per heavy atom. The number of ketones is 1. The quantitative estimate of drug-likeness (QED) is 0.654. The minimum Gasteiger partial charge on any atom is -0.507 e. The Kier molecular flexibility index (Phi) is 5.25. The van der Waals surface area contributed by atoms with Crippen LogP contribution >= 0.6 is 0 Å². The van der Waals surface area contributed by atoms with Gasteiger partial charge >= 0.3 is 0 Å². The summed E-state index contributed by atoms with van der Waals surface area (Å²) in [6.45, 7) is 0.